The molecule has 0 spiro atoms. The Labute approximate surface area is 97.8 Å². The van der Waals surface area contributed by atoms with E-state index in [1.54, 1.807) is 0 Å². The summed E-state index contributed by atoms with van der Waals surface area (Å²) in [6.07, 6.45) is 6.97. The van der Waals surface area contributed by atoms with Crippen molar-refractivity contribution in [1.82, 2.24) is 5.32 Å². The van der Waals surface area contributed by atoms with Gasteiger partial charge in [-0.1, -0.05) is 6.42 Å². The molecule has 2 aliphatic rings. The number of hydrogen-bond donors (Lipinski definition) is 2. The third-order valence-electron chi connectivity index (χ3n) is 4.01. The molecule has 1 atom stereocenters. The largest absolute Gasteiger partial charge is 0.330 e. The van der Waals surface area contributed by atoms with E-state index in [2.05, 4.69) is 17.1 Å². The highest BCUT2D eigenvalue weighted by atomic mass is 32.2. The predicted molar refractivity (Wildman–Crippen MR) is 68.2 cm³/mol. The van der Waals surface area contributed by atoms with Crippen LogP contribution in [0.2, 0.25) is 0 Å². The zero-order valence-corrected chi connectivity index (χ0v) is 10.4. The normalized spacial score (nSPS) is 26.2. The molecular formula is C12H24N2S. The highest BCUT2D eigenvalue weighted by Gasteiger charge is 2.24. The molecule has 1 unspecified atom stereocenters. The van der Waals surface area contributed by atoms with Gasteiger partial charge < -0.3 is 11.1 Å². The van der Waals surface area contributed by atoms with Crippen LogP contribution >= 0.6 is 11.8 Å². The first-order valence-corrected chi connectivity index (χ1v) is 7.57. The molecule has 1 saturated heterocycles. The van der Waals surface area contributed by atoms with Crippen LogP contribution in [0, 0.1) is 11.8 Å². The van der Waals surface area contributed by atoms with Crippen LogP contribution in [0.4, 0.5) is 0 Å². The van der Waals surface area contributed by atoms with Crippen molar-refractivity contribution in [3.05, 3.63) is 0 Å². The van der Waals surface area contributed by atoms with E-state index >= 15 is 0 Å². The number of rotatable bonds is 5. The topological polar surface area (TPSA) is 38.0 Å². The van der Waals surface area contributed by atoms with E-state index in [1.165, 1.54) is 43.6 Å². The molecule has 0 radical (unpaired) electrons. The Morgan fingerprint density at radius 3 is 2.47 bits per heavy atom. The van der Waals surface area contributed by atoms with Gasteiger partial charge in [0.1, 0.15) is 0 Å². The molecule has 2 rings (SSSR count). The zero-order chi connectivity index (χ0) is 10.5. The first-order valence-electron chi connectivity index (χ1n) is 6.41. The second kappa shape index (κ2) is 6.12. The van der Waals surface area contributed by atoms with Gasteiger partial charge in [-0.2, -0.15) is 11.8 Å². The van der Waals surface area contributed by atoms with Gasteiger partial charge in [0.25, 0.3) is 0 Å². The Balaban J connectivity index is 1.69. The molecular weight excluding hydrogens is 204 g/mol. The summed E-state index contributed by atoms with van der Waals surface area (Å²) in [7, 11) is 0. The van der Waals surface area contributed by atoms with E-state index in [4.69, 9.17) is 5.73 Å². The number of hydrogen-bond acceptors (Lipinski definition) is 3. The summed E-state index contributed by atoms with van der Waals surface area (Å²) < 4.78 is 0. The third-order valence-corrected chi connectivity index (χ3v) is 5.06. The molecule has 1 saturated carbocycles. The highest BCUT2D eigenvalue weighted by molar-refractivity contribution is 7.99. The minimum atomic E-state index is 0.728. The quantitative estimate of drug-likeness (QED) is 0.754. The second-order valence-corrected chi connectivity index (χ2v) is 6.21. The molecule has 2 nitrogen and oxygen atoms in total. The van der Waals surface area contributed by atoms with Crippen LogP contribution in [0.3, 0.4) is 0 Å². The molecule has 0 aromatic heterocycles. The summed E-state index contributed by atoms with van der Waals surface area (Å²) in [5.41, 5.74) is 5.90. The Morgan fingerprint density at radius 1 is 1.20 bits per heavy atom. The lowest BCUT2D eigenvalue weighted by Gasteiger charge is -2.33. The fourth-order valence-corrected chi connectivity index (χ4v) is 3.70. The van der Waals surface area contributed by atoms with Gasteiger partial charge in [0.15, 0.2) is 0 Å². The number of thioether (sulfide) groups is 1. The fraction of sp³-hybridized carbons (Fsp3) is 1.00. The van der Waals surface area contributed by atoms with Gasteiger partial charge in [-0.3, -0.25) is 0 Å². The number of nitrogens with two attached hydrogens (primary N) is 1. The first-order chi connectivity index (χ1) is 7.40. The maximum atomic E-state index is 5.90. The van der Waals surface area contributed by atoms with Gasteiger partial charge in [0.05, 0.1) is 0 Å². The van der Waals surface area contributed by atoms with Gasteiger partial charge >= 0.3 is 0 Å². The van der Waals surface area contributed by atoms with Crippen molar-refractivity contribution in [2.45, 2.75) is 38.1 Å². The van der Waals surface area contributed by atoms with E-state index in [9.17, 15) is 0 Å². The Kier molecular flexibility index (Phi) is 4.79. The van der Waals surface area contributed by atoms with Crippen LogP contribution in [0.1, 0.15) is 32.1 Å². The standard InChI is InChI=1S/C12H24N2S/c13-8-11(9-14-12-2-1-3-12)10-4-6-15-7-5-10/h10-12,14H,1-9,13H2. The van der Waals surface area contributed by atoms with Gasteiger partial charge in [0.2, 0.25) is 0 Å². The second-order valence-electron chi connectivity index (χ2n) is 4.98. The molecule has 3 N–H and O–H groups in total. The predicted octanol–water partition coefficient (Wildman–Crippen LogP) is 1.85. The summed E-state index contributed by atoms with van der Waals surface area (Å²) in [5, 5.41) is 3.68. The average Bonchev–Trinajstić information content (AvgIpc) is 2.23. The van der Waals surface area contributed by atoms with Crippen LogP contribution in [0.25, 0.3) is 0 Å². The molecule has 2 fully saturated rings. The molecule has 1 heterocycles. The molecule has 1 aliphatic heterocycles. The van der Waals surface area contributed by atoms with Crippen LogP contribution in [-0.4, -0.2) is 30.6 Å². The van der Waals surface area contributed by atoms with Gasteiger partial charge in [-0.25, -0.2) is 0 Å². The van der Waals surface area contributed by atoms with Gasteiger partial charge in [-0.05, 0) is 62.1 Å². The van der Waals surface area contributed by atoms with Crippen molar-refractivity contribution in [3.63, 3.8) is 0 Å². The Hall–Kier alpha value is 0.270. The highest BCUT2D eigenvalue weighted by Crippen LogP contribution is 2.28. The lowest BCUT2D eigenvalue weighted by Crippen LogP contribution is -2.42. The van der Waals surface area contributed by atoms with E-state index in [1.807, 2.05) is 0 Å². The minimum absolute atomic E-state index is 0.728. The first kappa shape index (κ1) is 11.7. The van der Waals surface area contributed by atoms with E-state index in [0.29, 0.717) is 0 Å². The van der Waals surface area contributed by atoms with Crippen LogP contribution in [0.5, 0.6) is 0 Å². The monoisotopic (exact) mass is 228 g/mol. The third kappa shape index (κ3) is 3.36. The summed E-state index contributed by atoms with van der Waals surface area (Å²) in [6, 6.07) is 0.817. The molecule has 0 aromatic carbocycles. The summed E-state index contributed by atoms with van der Waals surface area (Å²) in [6.45, 7) is 2.03. The van der Waals surface area contributed by atoms with E-state index < -0.39 is 0 Å². The maximum absolute atomic E-state index is 5.90. The van der Waals surface area contributed by atoms with Crippen LogP contribution in [-0.2, 0) is 0 Å². The van der Waals surface area contributed by atoms with Crippen LogP contribution < -0.4 is 11.1 Å². The van der Waals surface area contributed by atoms with Gasteiger partial charge in [-0.15, -0.1) is 0 Å². The van der Waals surface area contributed by atoms with Crippen molar-refractivity contribution < 1.29 is 0 Å². The molecule has 88 valence electrons. The molecule has 1 aliphatic carbocycles. The SMILES string of the molecule is NCC(CNC1CCC1)C1CCSCC1. The number of nitrogens with one attached hydrogen (secondary N) is 1. The lowest BCUT2D eigenvalue weighted by molar-refractivity contribution is 0.262. The fourth-order valence-electron chi connectivity index (χ4n) is 2.56. The van der Waals surface area contributed by atoms with Crippen molar-refractivity contribution in [2.24, 2.45) is 17.6 Å². The lowest BCUT2D eigenvalue weighted by atomic mass is 9.86. The minimum Gasteiger partial charge on any atom is -0.330 e. The van der Waals surface area contributed by atoms with Crippen molar-refractivity contribution in [2.75, 3.05) is 24.6 Å². The van der Waals surface area contributed by atoms with E-state index in [0.717, 1.165) is 31.0 Å². The smallest absolute Gasteiger partial charge is 0.00672 e. The molecule has 0 aromatic rings. The van der Waals surface area contributed by atoms with E-state index in [-0.39, 0.29) is 0 Å². The van der Waals surface area contributed by atoms with Crippen molar-refractivity contribution >= 4 is 11.8 Å². The Morgan fingerprint density at radius 2 is 1.93 bits per heavy atom. The average molecular weight is 228 g/mol. The summed E-state index contributed by atoms with van der Waals surface area (Å²) in [4.78, 5) is 0. The zero-order valence-electron chi connectivity index (χ0n) is 9.58. The van der Waals surface area contributed by atoms with Crippen LogP contribution in [0.15, 0.2) is 0 Å². The maximum Gasteiger partial charge on any atom is 0.00672 e. The Bertz CT molecular complexity index is 176. The van der Waals surface area contributed by atoms with Crippen molar-refractivity contribution in [1.29, 1.82) is 0 Å². The van der Waals surface area contributed by atoms with Gasteiger partial charge in [0, 0.05) is 6.04 Å². The molecule has 0 amide bonds. The molecule has 15 heavy (non-hydrogen) atoms. The molecule has 0 bridgehead atoms. The summed E-state index contributed by atoms with van der Waals surface area (Å²) >= 11 is 2.11. The summed E-state index contributed by atoms with van der Waals surface area (Å²) in [5.74, 6) is 4.32. The molecule has 3 heteroatoms. The van der Waals surface area contributed by atoms with Crippen molar-refractivity contribution in [3.8, 4) is 0 Å².